The lowest BCUT2D eigenvalue weighted by molar-refractivity contribution is 0.786. The topological polar surface area (TPSA) is 36.7 Å². The molecule has 0 saturated heterocycles. The van der Waals surface area contributed by atoms with E-state index in [0.717, 1.165) is 17.7 Å². The van der Waals surface area contributed by atoms with Crippen molar-refractivity contribution in [2.75, 3.05) is 0 Å². The Bertz CT molecular complexity index is 299. The summed E-state index contributed by atoms with van der Waals surface area (Å²) in [5, 5.41) is 8.78. The minimum absolute atomic E-state index is 0.0510. The van der Waals surface area contributed by atoms with Crippen molar-refractivity contribution in [1.82, 2.24) is 4.98 Å². The van der Waals surface area contributed by atoms with Gasteiger partial charge in [-0.25, -0.2) is 0 Å². The van der Waals surface area contributed by atoms with Crippen molar-refractivity contribution in [3.63, 3.8) is 0 Å². The van der Waals surface area contributed by atoms with Gasteiger partial charge >= 0.3 is 0 Å². The molecule has 2 nitrogen and oxygen atoms in total. The molecule has 0 aliphatic heterocycles. The van der Waals surface area contributed by atoms with E-state index in [1.165, 1.54) is 0 Å². The summed E-state index contributed by atoms with van der Waals surface area (Å²) < 4.78 is 0. The molecule has 0 spiro atoms. The molecule has 0 aliphatic carbocycles. The summed E-state index contributed by atoms with van der Waals surface area (Å²) in [7, 11) is 0. The number of hydrogen-bond acceptors (Lipinski definition) is 2. The second kappa shape index (κ2) is 7.08. The SMILES string of the molecule is CC.CCC(C#N)c1cc(C)ccn1. The molecule has 2 heteroatoms. The lowest BCUT2D eigenvalue weighted by Gasteiger charge is -2.04. The molecule has 0 saturated carbocycles. The maximum atomic E-state index is 8.78. The summed E-state index contributed by atoms with van der Waals surface area (Å²) in [6, 6.07) is 6.14. The zero-order valence-electron chi connectivity index (χ0n) is 9.41. The predicted octanol–water partition coefficient (Wildman–Crippen LogP) is 3.43. The number of hydrogen-bond donors (Lipinski definition) is 0. The molecule has 14 heavy (non-hydrogen) atoms. The van der Waals surface area contributed by atoms with Crippen LogP contribution >= 0.6 is 0 Å². The van der Waals surface area contributed by atoms with E-state index in [4.69, 9.17) is 5.26 Å². The van der Waals surface area contributed by atoms with E-state index < -0.39 is 0 Å². The molecular weight excluding hydrogens is 172 g/mol. The Morgan fingerprint density at radius 1 is 1.50 bits per heavy atom. The Morgan fingerprint density at radius 2 is 2.14 bits per heavy atom. The molecule has 0 N–H and O–H groups in total. The maximum absolute atomic E-state index is 8.78. The molecule has 1 unspecified atom stereocenters. The van der Waals surface area contributed by atoms with Gasteiger partial charge in [-0.1, -0.05) is 20.8 Å². The summed E-state index contributed by atoms with van der Waals surface area (Å²) in [4.78, 5) is 4.16. The number of rotatable bonds is 2. The Balaban J connectivity index is 0.000000791. The van der Waals surface area contributed by atoms with Crippen molar-refractivity contribution < 1.29 is 0 Å². The second-order valence-electron chi connectivity index (χ2n) is 2.85. The molecular formula is C12H18N2. The minimum atomic E-state index is -0.0510. The van der Waals surface area contributed by atoms with Gasteiger partial charge < -0.3 is 0 Å². The number of pyridine rings is 1. The molecule has 76 valence electrons. The summed E-state index contributed by atoms with van der Waals surface area (Å²) >= 11 is 0. The van der Waals surface area contributed by atoms with Gasteiger partial charge in [0.2, 0.25) is 0 Å². The standard InChI is InChI=1S/C10H12N2.C2H6/c1-3-9(7-11)10-6-8(2)4-5-12-10;1-2/h4-6,9H,3H2,1-2H3;1-2H3. The van der Waals surface area contributed by atoms with Crippen molar-refractivity contribution in [3.05, 3.63) is 29.6 Å². The monoisotopic (exact) mass is 190 g/mol. The fraction of sp³-hybridized carbons (Fsp3) is 0.500. The number of nitrogens with zero attached hydrogens (tertiary/aromatic N) is 2. The van der Waals surface area contributed by atoms with Gasteiger partial charge in [0.05, 0.1) is 17.7 Å². The van der Waals surface area contributed by atoms with Crippen molar-refractivity contribution in [1.29, 1.82) is 5.26 Å². The van der Waals surface area contributed by atoms with E-state index >= 15 is 0 Å². The fourth-order valence-electron chi connectivity index (χ4n) is 1.12. The molecule has 1 aromatic heterocycles. The van der Waals surface area contributed by atoms with E-state index in [9.17, 15) is 0 Å². The molecule has 0 amide bonds. The van der Waals surface area contributed by atoms with Gasteiger partial charge in [0, 0.05) is 6.20 Å². The van der Waals surface area contributed by atoms with Gasteiger partial charge in [-0.05, 0) is 31.0 Å². The molecule has 0 fully saturated rings. The van der Waals surface area contributed by atoms with E-state index in [0.29, 0.717) is 0 Å². The highest BCUT2D eigenvalue weighted by Crippen LogP contribution is 2.16. The van der Waals surface area contributed by atoms with Gasteiger partial charge in [-0.15, -0.1) is 0 Å². The molecule has 1 atom stereocenters. The Labute approximate surface area is 86.6 Å². The highest BCUT2D eigenvalue weighted by molar-refractivity contribution is 5.21. The lowest BCUT2D eigenvalue weighted by atomic mass is 10.0. The van der Waals surface area contributed by atoms with E-state index in [1.54, 1.807) is 6.20 Å². The van der Waals surface area contributed by atoms with Gasteiger partial charge in [-0.2, -0.15) is 5.26 Å². The van der Waals surface area contributed by atoms with Crippen LogP contribution in [0.4, 0.5) is 0 Å². The number of aromatic nitrogens is 1. The lowest BCUT2D eigenvalue weighted by Crippen LogP contribution is -1.97. The van der Waals surface area contributed by atoms with Gasteiger partial charge in [0.1, 0.15) is 0 Å². The van der Waals surface area contributed by atoms with Gasteiger partial charge in [-0.3, -0.25) is 4.98 Å². The molecule has 1 rings (SSSR count). The molecule has 0 aliphatic rings. The quantitative estimate of drug-likeness (QED) is 0.716. The second-order valence-corrected chi connectivity index (χ2v) is 2.85. The average Bonchev–Trinajstić information content (AvgIpc) is 2.23. The minimum Gasteiger partial charge on any atom is -0.260 e. The zero-order chi connectivity index (χ0) is 11.0. The third kappa shape index (κ3) is 3.57. The molecule has 0 aromatic carbocycles. The van der Waals surface area contributed by atoms with E-state index in [2.05, 4.69) is 11.1 Å². The van der Waals surface area contributed by atoms with E-state index in [-0.39, 0.29) is 5.92 Å². The maximum Gasteiger partial charge on any atom is 0.0882 e. The Hall–Kier alpha value is -1.36. The largest absolute Gasteiger partial charge is 0.260 e. The van der Waals surface area contributed by atoms with Crippen molar-refractivity contribution in [2.45, 2.75) is 40.0 Å². The number of nitriles is 1. The number of aryl methyl sites for hydroxylation is 1. The predicted molar refractivity (Wildman–Crippen MR) is 59.0 cm³/mol. The van der Waals surface area contributed by atoms with Crippen molar-refractivity contribution in [2.24, 2.45) is 0 Å². The first-order valence-corrected chi connectivity index (χ1v) is 5.10. The van der Waals surface area contributed by atoms with Gasteiger partial charge in [0.15, 0.2) is 0 Å². The van der Waals surface area contributed by atoms with Gasteiger partial charge in [0.25, 0.3) is 0 Å². The van der Waals surface area contributed by atoms with Crippen LogP contribution in [0.2, 0.25) is 0 Å². The summed E-state index contributed by atoms with van der Waals surface area (Å²) in [6.07, 6.45) is 2.58. The first kappa shape index (κ1) is 12.6. The smallest absolute Gasteiger partial charge is 0.0882 e. The summed E-state index contributed by atoms with van der Waals surface area (Å²) in [6.45, 7) is 8.01. The highest BCUT2D eigenvalue weighted by atomic mass is 14.7. The van der Waals surface area contributed by atoms with Crippen LogP contribution < -0.4 is 0 Å². The molecule has 1 aromatic rings. The van der Waals surface area contributed by atoms with Crippen LogP contribution in [0.15, 0.2) is 18.3 Å². The first-order valence-electron chi connectivity index (χ1n) is 5.10. The first-order chi connectivity index (χ1) is 6.77. The van der Waals surface area contributed by atoms with Crippen LogP contribution in [0.25, 0.3) is 0 Å². The molecule has 0 bridgehead atoms. The fourth-order valence-corrected chi connectivity index (χ4v) is 1.12. The average molecular weight is 190 g/mol. The summed E-state index contributed by atoms with van der Waals surface area (Å²) in [5.41, 5.74) is 2.05. The van der Waals surface area contributed by atoms with Crippen LogP contribution in [0.5, 0.6) is 0 Å². The van der Waals surface area contributed by atoms with E-state index in [1.807, 2.05) is 39.8 Å². The summed E-state index contributed by atoms with van der Waals surface area (Å²) in [5.74, 6) is -0.0510. The highest BCUT2D eigenvalue weighted by Gasteiger charge is 2.08. The van der Waals surface area contributed by atoms with Crippen LogP contribution in [-0.2, 0) is 0 Å². The van der Waals surface area contributed by atoms with Crippen molar-refractivity contribution >= 4 is 0 Å². The third-order valence-electron chi connectivity index (χ3n) is 1.86. The molecule has 0 radical (unpaired) electrons. The zero-order valence-corrected chi connectivity index (χ0v) is 9.41. The Morgan fingerprint density at radius 3 is 2.57 bits per heavy atom. The van der Waals surface area contributed by atoms with Crippen LogP contribution in [0.1, 0.15) is 44.4 Å². The molecule has 1 heterocycles. The van der Waals surface area contributed by atoms with Crippen LogP contribution in [-0.4, -0.2) is 4.98 Å². The van der Waals surface area contributed by atoms with Crippen LogP contribution in [0, 0.1) is 18.3 Å². The van der Waals surface area contributed by atoms with Crippen LogP contribution in [0.3, 0.4) is 0 Å². The normalized spacial score (nSPS) is 10.8. The van der Waals surface area contributed by atoms with Crippen molar-refractivity contribution in [3.8, 4) is 6.07 Å². The third-order valence-corrected chi connectivity index (χ3v) is 1.86. The Kier molecular flexibility index (Phi) is 6.39.